The Balaban J connectivity index is 2.27. The van der Waals surface area contributed by atoms with E-state index >= 15 is 0 Å². The molecule has 2 N–H and O–H groups in total. The summed E-state index contributed by atoms with van der Waals surface area (Å²) in [6.45, 7) is 1.80. The fraction of sp³-hybridized carbons (Fsp3) is 0.500. The van der Waals surface area contributed by atoms with Gasteiger partial charge in [0.2, 0.25) is 0 Å². The van der Waals surface area contributed by atoms with Crippen molar-refractivity contribution in [2.24, 2.45) is 5.73 Å². The Bertz CT molecular complexity index is 587. The topological polar surface area (TPSA) is 72.6 Å². The van der Waals surface area contributed by atoms with Crippen molar-refractivity contribution in [1.82, 2.24) is 0 Å². The quantitative estimate of drug-likeness (QED) is 0.903. The summed E-state index contributed by atoms with van der Waals surface area (Å²) in [7, 11) is -5.31. The van der Waals surface area contributed by atoms with E-state index in [9.17, 15) is 21.6 Å². The van der Waals surface area contributed by atoms with Gasteiger partial charge in [-0.25, -0.2) is 8.42 Å². The first kappa shape index (κ1) is 16.1. The van der Waals surface area contributed by atoms with Crippen LogP contribution in [-0.4, -0.2) is 46.3 Å². The number of morpholine rings is 1. The first-order valence-corrected chi connectivity index (χ1v) is 7.71. The number of sulfone groups is 1. The zero-order chi connectivity index (χ0) is 15.7. The predicted octanol–water partition coefficient (Wildman–Crippen LogP) is 1.14. The van der Waals surface area contributed by atoms with Crippen LogP contribution in [0.3, 0.4) is 0 Å². The number of hydrogen-bond donors (Lipinski definition) is 1. The summed E-state index contributed by atoms with van der Waals surface area (Å²) in [4.78, 5) is 1.13. The molecule has 0 bridgehead atoms. The molecule has 0 saturated carbocycles. The second kappa shape index (κ2) is 5.82. The smallest absolute Gasteiger partial charge is 0.377 e. The molecular formula is C12H15F3N2O3S. The first-order valence-electron chi connectivity index (χ1n) is 6.23. The zero-order valence-electron chi connectivity index (χ0n) is 11.0. The fourth-order valence-electron chi connectivity index (χ4n) is 2.14. The van der Waals surface area contributed by atoms with Crippen LogP contribution in [0.4, 0.5) is 18.9 Å². The van der Waals surface area contributed by atoms with Crippen molar-refractivity contribution in [1.29, 1.82) is 0 Å². The van der Waals surface area contributed by atoms with Crippen molar-refractivity contribution in [2.45, 2.75) is 16.4 Å². The highest BCUT2D eigenvalue weighted by molar-refractivity contribution is 7.92. The lowest BCUT2D eigenvalue weighted by Gasteiger charge is -2.36. The molecule has 1 aliphatic heterocycles. The van der Waals surface area contributed by atoms with Crippen LogP contribution >= 0.6 is 0 Å². The molecule has 1 aromatic carbocycles. The molecule has 1 heterocycles. The molecule has 0 aromatic heterocycles. The molecule has 118 valence electrons. The molecule has 1 aliphatic rings. The van der Waals surface area contributed by atoms with Crippen LogP contribution in [0.25, 0.3) is 0 Å². The number of ether oxygens (including phenoxy) is 1. The largest absolute Gasteiger partial charge is 0.501 e. The number of anilines is 1. The molecule has 2 rings (SSSR count). The number of nitrogens with zero attached hydrogens (tertiary/aromatic N) is 1. The lowest BCUT2D eigenvalue weighted by atomic mass is 10.2. The van der Waals surface area contributed by atoms with Crippen LogP contribution in [0.5, 0.6) is 0 Å². The first-order chi connectivity index (χ1) is 9.77. The molecule has 0 aliphatic carbocycles. The summed E-state index contributed by atoms with van der Waals surface area (Å²) in [5, 5.41) is 0. The Kier molecular flexibility index (Phi) is 4.45. The van der Waals surface area contributed by atoms with Gasteiger partial charge in [0.15, 0.2) is 0 Å². The van der Waals surface area contributed by atoms with Gasteiger partial charge in [-0.05, 0) is 24.3 Å². The molecule has 0 spiro atoms. The Labute approximate surface area is 120 Å². The summed E-state index contributed by atoms with van der Waals surface area (Å²) in [6, 6.07) is 4.55. The molecule has 5 nitrogen and oxygen atoms in total. The average Bonchev–Trinajstić information content (AvgIpc) is 2.46. The van der Waals surface area contributed by atoms with E-state index in [0.29, 0.717) is 32.0 Å². The van der Waals surface area contributed by atoms with Crippen LogP contribution in [0.15, 0.2) is 29.2 Å². The van der Waals surface area contributed by atoms with Gasteiger partial charge in [-0.2, -0.15) is 13.2 Å². The standard InChI is InChI=1S/C12H15F3N2O3S/c13-12(14,15)21(18,19)11-3-1-9(2-4-11)17-5-6-20-8-10(17)7-16/h1-4,10H,5-8,16H2. The highest BCUT2D eigenvalue weighted by Gasteiger charge is 2.46. The van der Waals surface area contributed by atoms with Crippen molar-refractivity contribution in [3.8, 4) is 0 Å². The van der Waals surface area contributed by atoms with Crippen LogP contribution in [0, 0.1) is 0 Å². The summed E-state index contributed by atoms with van der Waals surface area (Å²) in [5.41, 5.74) is 0.943. The molecule has 1 unspecified atom stereocenters. The molecule has 21 heavy (non-hydrogen) atoms. The van der Waals surface area contributed by atoms with Crippen LogP contribution < -0.4 is 10.6 Å². The number of nitrogens with two attached hydrogens (primary N) is 1. The van der Waals surface area contributed by atoms with Gasteiger partial charge in [-0.1, -0.05) is 0 Å². The zero-order valence-corrected chi connectivity index (χ0v) is 11.8. The molecule has 1 fully saturated rings. The van der Waals surface area contributed by atoms with Crippen molar-refractivity contribution < 1.29 is 26.3 Å². The van der Waals surface area contributed by atoms with Gasteiger partial charge in [0.25, 0.3) is 9.84 Å². The molecule has 0 radical (unpaired) electrons. The maximum absolute atomic E-state index is 12.5. The fourth-order valence-corrected chi connectivity index (χ4v) is 2.90. The second-order valence-electron chi connectivity index (χ2n) is 4.60. The summed E-state index contributed by atoms with van der Waals surface area (Å²) in [5.74, 6) is 0. The van der Waals surface area contributed by atoms with E-state index in [1.54, 1.807) is 0 Å². The SMILES string of the molecule is NCC1COCCN1c1ccc(S(=O)(=O)C(F)(F)F)cc1. The third-order valence-corrected chi connectivity index (χ3v) is 4.79. The molecule has 1 saturated heterocycles. The Morgan fingerprint density at radius 3 is 2.43 bits per heavy atom. The van der Waals surface area contributed by atoms with Gasteiger partial charge in [0, 0.05) is 18.8 Å². The van der Waals surface area contributed by atoms with Gasteiger partial charge in [-0.15, -0.1) is 0 Å². The van der Waals surface area contributed by atoms with Crippen LogP contribution in [-0.2, 0) is 14.6 Å². The highest BCUT2D eigenvalue weighted by Crippen LogP contribution is 2.31. The van der Waals surface area contributed by atoms with Gasteiger partial charge in [0.05, 0.1) is 24.2 Å². The van der Waals surface area contributed by atoms with E-state index in [-0.39, 0.29) is 6.04 Å². The van der Waals surface area contributed by atoms with E-state index in [1.807, 2.05) is 4.90 Å². The minimum Gasteiger partial charge on any atom is -0.377 e. The maximum atomic E-state index is 12.5. The number of benzene rings is 1. The van der Waals surface area contributed by atoms with E-state index in [2.05, 4.69) is 0 Å². The van der Waals surface area contributed by atoms with Gasteiger partial charge in [0.1, 0.15) is 0 Å². The molecule has 1 aromatic rings. The number of halogens is 3. The minimum absolute atomic E-state index is 0.0798. The van der Waals surface area contributed by atoms with E-state index in [1.165, 1.54) is 12.1 Å². The number of alkyl halides is 3. The predicted molar refractivity (Wildman–Crippen MR) is 70.7 cm³/mol. The molecule has 0 amide bonds. The lowest BCUT2D eigenvalue weighted by Crippen LogP contribution is -2.49. The van der Waals surface area contributed by atoms with E-state index in [0.717, 1.165) is 12.1 Å². The highest BCUT2D eigenvalue weighted by atomic mass is 32.2. The average molecular weight is 324 g/mol. The van der Waals surface area contributed by atoms with Crippen LogP contribution in [0.2, 0.25) is 0 Å². The second-order valence-corrected chi connectivity index (χ2v) is 6.54. The number of rotatable bonds is 3. The van der Waals surface area contributed by atoms with Crippen LogP contribution in [0.1, 0.15) is 0 Å². The third kappa shape index (κ3) is 3.14. The normalized spacial score (nSPS) is 20.6. The maximum Gasteiger partial charge on any atom is 0.501 e. The van der Waals surface area contributed by atoms with Gasteiger partial charge >= 0.3 is 5.51 Å². The lowest BCUT2D eigenvalue weighted by molar-refractivity contribution is -0.0436. The van der Waals surface area contributed by atoms with Crippen molar-refractivity contribution in [3.63, 3.8) is 0 Å². The van der Waals surface area contributed by atoms with Gasteiger partial charge in [-0.3, -0.25) is 0 Å². The molecule has 9 heteroatoms. The van der Waals surface area contributed by atoms with Crippen molar-refractivity contribution in [2.75, 3.05) is 31.2 Å². The monoisotopic (exact) mass is 324 g/mol. The summed E-state index contributed by atoms with van der Waals surface area (Å²) in [6.07, 6.45) is 0. The van der Waals surface area contributed by atoms with Crippen molar-refractivity contribution in [3.05, 3.63) is 24.3 Å². The molecule has 1 atom stereocenters. The Hall–Kier alpha value is -1.32. The number of hydrogen-bond acceptors (Lipinski definition) is 5. The molecular weight excluding hydrogens is 309 g/mol. The summed E-state index contributed by atoms with van der Waals surface area (Å²) >= 11 is 0. The third-order valence-electron chi connectivity index (χ3n) is 3.28. The Morgan fingerprint density at radius 2 is 1.90 bits per heavy atom. The van der Waals surface area contributed by atoms with E-state index < -0.39 is 20.2 Å². The van der Waals surface area contributed by atoms with E-state index in [4.69, 9.17) is 10.5 Å². The summed E-state index contributed by atoms with van der Waals surface area (Å²) < 4.78 is 65.2. The minimum atomic E-state index is -5.31. The van der Waals surface area contributed by atoms with Gasteiger partial charge < -0.3 is 15.4 Å². The van der Waals surface area contributed by atoms with Crippen molar-refractivity contribution >= 4 is 15.5 Å². The Morgan fingerprint density at radius 1 is 1.29 bits per heavy atom.